The molecule has 13 heavy (non-hydrogen) atoms. The third kappa shape index (κ3) is 4.27. The maximum Gasteiger partial charge on any atom is 0.323 e. The molecule has 0 bridgehead atoms. The van der Waals surface area contributed by atoms with Crippen molar-refractivity contribution in [2.24, 2.45) is 5.41 Å². The van der Waals surface area contributed by atoms with Crippen molar-refractivity contribution in [2.45, 2.75) is 46.8 Å². The zero-order valence-electron chi connectivity index (χ0n) is 9.47. The lowest BCUT2D eigenvalue weighted by Gasteiger charge is -2.28. The van der Waals surface area contributed by atoms with Crippen LogP contribution in [0.4, 0.5) is 0 Å². The second-order valence-electron chi connectivity index (χ2n) is 4.57. The Hall–Kier alpha value is -0.570. The van der Waals surface area contributed by atoms with Crippen LogP contribution in [0.15, 0.2) is 0 Å². The van der Waals surface area contributed by atoms with Gasteiger partial charge in [0.25, 0.3) is 0 Å². The number of rotatable bonds is 3. The van der Waals surface area contributed by atoms with Crippen molar-refractivity contribution in [1.82, 2.24) is 5.32 Å². The number of hydrogen-bond acceptors (Lipinski definition) is 3. The van der Waals surface area contributed by atoms with E-state index < -0.39 is 0 Å². The third-order valence-electron chi connectivity index (χ3n) is 1.74. The molecule has 0 rings (SSSR count). The Morgan fingerprint density at radius 2 is 1.77 bits per heavy atom. The second kappa shape index (κ2) is 4.61. The SMILES string of the molecule is CN[C@@H](C(=O)OC(C)C)C(C)(C)C. The van der Waals surface area contributed by atoms with Crippen molar-refractivity contribution in [2.75, 3.05) is 7.05 Å². The number of esters is 1. The standard InChI is InChI=1S/C10H21NO2/c1-7(2)13-9(12)8(11-6)10(3,4)5/h7-8,11H,1-6H3/t8-/m0/s1. The quantitative estimate of drug-likeness (QED) is 0.682. The minimum atomic E-state index is -0.241. The van der Waals surface area contributed by atoms with Crippen LogP contribution in [0.3, 0.4) is 0 Å². The molecule has 0 aliphatic carbocycles. The first kappa shape index (κ1) is 12.4. The summed E-state index contributed by atoms with van der Waals surface area (Å²) in [6.45, 7) is 9.74. The van der Waals surface area contributed by atoms with Crippen molar-refractivity contribution in [1.29, 1.82) is 0 Å². The average molecular weight is 187 g/mol. The number of carbonyl (C=O) groups excluding carboxylic acids is 1. The summed E-state index contributed by atoms with van der Waals surface area (Å²) in [5.41, 5.74) is -0.110. The fourth-order valence-electron chi connectivity index (χ4n) is 1.20. The minimum Gasteiger partial charge on any atom is -0.462 e. The summed E-state index contributed by atoms with van der Waals surface area (Å²) in [5, 5.41) is 2.97. The van der Waals surface area contributed by atoms with E-state index in [1.165, 1.54) is 0 Å². The highest BCUT2D eigenvalue weighted by Gasteiger charge is 2.31. The Labute approximate surface area is 80.8 Å². The van der Waals surface area contributed by atoms with E-state index in [1.54, 1.807) is 7.05 Å². The van der Waals surface area contributed by atoms with E-state index in [4.69, 9.17) is 4.74 Å². The number of nitrogens with one attached hydrogen (secondary N) is 1. The average Bonchev–Trinajstić information content (AvgIpc) is 1.82. The largest absolute Gasteiger partial charge is 0.462 e. The molecule has 0 aliphatic heterocycles. The number of ether oxygens (including phenoxy) is 1. The van der Waals surface area contributed by atoms with Crippen LogP contribution in [-0.4, -0.2) is 25.2 Å². The molecular weight excluding hydrogens is 166 g/mol. The number of carbonyl (C=O) groups is 1. The van der Waals surface area contributed by atoms with Crippen LogP contribution in [0.5, 0.6) is 0 Å². The molecule has 0 aromatic heterocycles. The van der Waals surface area contributed by atoms with E-state index in [9.17, 15) is 4.79 Å². The normalized spacial score (nSPS) is 14.4. The van der Waals surface area contributed by atoms with Gasteiger partial charge in [-0.2, -0.15) is 0 Å². The van der Waals surface area contributed by atoms with Crippen LogP contribution in [0.2, 0.25) is 0 Å². The van der Waals surface area contributed by atoms with Gasteiger partial charge in [0, 0.05) is 0 Å². The van der Waals surface area contributed by atoms with Gasteiger partial charge in [-0.1, -0.05) is 20.8 Å². The number of likely N-dealkylation sites (N-methyl/N-ethyl adjacent to an activating group) is 1. The molecule has 1 atom stereocenters. The summed E-state index contributed by atoms with van der Waals surface area (Å²) in [7, 11) is 1.78. The predicted octanol–water partition coefficient (Wildman–Crippen LogP) is 1.57. The molecule has 0 fully saturated rings. The van der Waals surface area contributed by atoms with Crippen molar-refractivity contribution < 1.29 is 9.53 Å². The van der Waals surface area contributed by atoms with Crippen molar-refractivity contribution in [3.8, 4) is 0 Å². The van der Waals surface area contributed by atoms with E-state index in [-0.39, 0.29) is 23.5 Å². The van der Waals surface area contributed by atoms with Crippen LogP contribution in [0.25, 0.3) is 0 Å². The van der Waals surface area contributed by atoms with Gasteiger partial charge in [-0.3, -0.25) is 4.79 Å². The van der Waals surface area contributed by atoms with Crippen LogP contribution in [0.1, 0.15) is 34.6 Å². The van der Waals surface area contributed by atoms with E-state index >= 15 is 0 Å². The van der Waals surface area contributed by atoms with Gasteiger partial charge in [0.15, 0.2) is 0 Å². The first-order valence-electron chi connectivity index (χ1n) is 4.66. The van der Waals surface area contributed by atoms with Crippen molar-refractivity contribution in [3.05, 3.63) is 0 Å². The highest BCUT2D eigenvalue weighted by atomic mass is 16.5. The predicted molar refractivity (Wildman–Crippen MR) is 53.5 cm³/mol. The fraction of sp³-hybridized carbons (Fsp3) is 0.900. The zero-order chi connectivity index (χ0) is 10.6. The number of hydrogen-bond donors (Lipinski definition) is 1. The van der Waals surface area contributed by atoms with Crippen LogP contribution >= 0.6 is 0 Å². The molecule has 1 N–H and O–H groups in total. The summed E-state index contributed by atoms with van der Waals surface area (Å²) in [6, 6.07) is -0.241. The molecule has 0 aromatic rings. The van der Waals surface area contributed by atoms with Gasteiger partial charge in [-0.05, 0) is 26.3 Å². The Kier molecular flexibility index (Phi) is 4.40. The van der Waals surface area contributed by atoms with Crippen molar-refractivity contribution in [3.63, 3.8) is 0 Å². The van der Waals surface area contributed by atoms with Gasteiger partial charge in [-0.25, -0.2) is 0 Å². The highest BCUT2D eigenvalue weighted by molar-refractivity contribution is 5.76. The molecule has 3 heteroatoms. The third-order valence-corrected chi connectivity index (χ3v) is 1.74. The summed E-state index contributed by atoms with van der Waals surface area (Å²) < 4.78 is 5.13. The molecule has 0 aliphatic rings. The first-order valence-corrected chi connectivity index (χ1v) is 4.66. The zero-order valence-corrected chi connectivity index (χ0v) is 9.47. The molecule has 0 heterocycles. The Bertz CT molecular complexity index is 170. The monoisotopic (exact) mass is 187 g/mol. The van der Waals surface area contributed by atoms with Gasteiger partial charge in [0.05, 0.1) is 6.10 Å². The molecule has 0 unspecified atom stereocenters. The maximum atomic E-state index is 11.5. The summed E-state index contributed by atoms with van der Waals surface area (Å²) in [5.74, 6) is -0.176. The molecule has 0 saturated carbocycles. The first-order chi connectivity index (χ1) is 5.79. The molecule has 0 saturated heterocycles. The van der Waals surface area contributed by atoms with Crippen molar-refractivity contribution >= 4 is 5.97 Å². The second-order valence-corrected chi connectivity index (χ2v) is 4.57. The van der Waals surface area contributed by atoms with E-state index in [2.05, 4.69) is 5.32 Å². The van der Waals surface area contributed by atoms with Crippen LogP contribution in [0, 0.1) is 5.41 Å². The lowest BCUT2D eigenvalue weighted by molar-refractivity contribution is -0.152. The highest BCUT2D eigenvalue weighted by Crippen LogP contribution is 2.20. The molecule has 0 amide bonds. The van der Waals surface area contributed by atoms with Gasteiger partial charge in [-0.15, -0.1) is 0 Å². The molecule has 0 aromatic carbocycles. The summed E-state index contributed by atoms with van der Waals surface area (Å²) >= 11 is 0. The van der Waals surface area contributed by atoms with E-state index in [0.29, 0.717) is 0 Å². The molecular formula is C10H21NO2. The Morgan fingerprint density at radius 3 is 2.00 bits per heavy atom. The Morgan fingerprint density at radius 1 is 1.31 bits per heavy atom. The van der Waals surface area contributed by atoms with Gasteiger partial charge < -0.3 is 10.1 Å². The summed E-state index contributed by atoms with van der Waals surface area (Å²) in [4.78, 5) is 11.5. The minimum absolute atomic E-state index is 0.0503. The van der Waals surface area contributed by atoms with Gasteiger partial charge >= 0.3 is 5.97 Å². The Balaban J connectivity index is 4.33. The lowest BCUT2D eigenvalue weighted by atomic mass is 9.87. The van der Waals surface area contributed by atoms with Gasteiger partial charge in [0.2, 0.25) is 0 Å². The molecule has 3 nitrogen and oxygen atoms in total. The topological polar surface area (TPSA) is 38.3 Å². The smallest absolute Gasteiger partial charge is 0.323 e. The fourth-order valence-corrected chi connectivity index (χ4v) is 1.20. The van der Waals surface area contributed by atoms with E-state index in [1.807, 2.05) is 34.6 Å². The maximum absolute atomic E-state index is 11.5. The van der Waals surface area contributed by atoms with Crippen LogP contribution < -0.4 is 5.32 Å². The van der Waals surface area contributed by atoms with Crippen LogP contribution in [-0.2, 0) is 9.53 Å². The van der Waals surface area contributed by atoms with E-state index in [0.717, 1.165) is 0 Å². The molecule has 78 valence electrons. The summed E-state index contributed by atoms with van der Waals surface area (Å²) in [6.07, 6.45) is -0.0503. The molecule has 0 spiro atoms. The van der Waals surface area contributed by atoms with Gasteiger partial charge in [0.1, 0.15) is 6.04 Å². The molecule has 0 radical (unpaired) electrons. The lowest BCUT2D eigenvalue weighted by Crippen LogP contribution is -2.46.